The molecule has 0 atom stereocenters. The topological polar surface area (TPSA) is 83.9 Å². The van der Waals surface area contributed by atoms with Gasteiger partial charge in [0, 0.05) is 38.6 Å². The van der Waals surface area contributed by atoms with Crippen LogP contribution in [0.4, 0.5) is 5.69 Å². The van der Waals surface area contributed by atoms with Gasteiger partial charge in [-0.3, -0.25) is 0 Å². The van der Waals surface area contributed by atoms with Crippen molar-refractivity contribution in [3.63, 3.8) is 0 Å². The maximum absolute atomic E-state index is 11.4. The normalized spacial score (nSPS) is 17.5. The summed E-state index contributed by atoms with van der Waals surface area (Å²) in [6.45, 7) is 1.51. The number of fused-ring (bicyclic) bond motifs is 1. The summed E-state index contributed by atoms with van der Waals surface area (Å²) in [5, 5.41) is 10.1. The third-order valence-electron chi connectivity index (χ3n) is 4.17. The van der Waals surface area contributed by atoms with E-state index in [9.17, 15) is 8.42 Å². The molecule has 0 radical (unpaired) electrons. The highest BCUT2D eigenvalue weighted by Gasteiger charge is 2.28. The first-order valence-corrected chi connectivity index (χ1v) is 8.88. The molecule has 1 saturated heterocycles. The molecule has 0 unspecified atom stereocenters. The molecule has 7 nitrogen and oxygen atoms in total. The van der Waals surface area contributed by atoms with Crippen LogP contribution in [-0.4, -0.2) is 48.5 Å². The van der Waals surface area contributed by atoms with Crippen LogP contribution in [0.3, 0.4) is 0 Å². The van der Waals surface area contributed by atoms with E-state index in [1.807, 2.05) is 12.1 Å². The second-order valence-corrected chi connectivity index (χ2v) is 7.53. The quantitative estimate of drug-likeness (QED) is 0.904. The molecule has 3 heterocycles. The Hall–Kier alpha value is -1.35. The number of hydrogen-bond donors (Lipinski definition) is 1. The molecule has 0 amide bonds. The van der Waals surface area contributed by atoms with E-state index >= 15 is 0 Å². The zero-order valence-electron chi connectivity index (χ0n) is 12.2. The van der Waals surface area contributed by atoms with Crippen molar-refractivity contribution >= 4 is 33.0 Å². The lowest BCUT2D eigenvalue weighted by Crippen LogP contribution is -2.47. The van der Waals surface area contributed by atoms with Gasteiger partial charge in [-0.25, -0.2) is 9.65 Å². The van der Waals surface area contributed by atoms with Crippen molar-refractivity contribution in [2.45, 2.75) is 18.9 Å². The molecular weight excluding hydrogens is 326 g/mol. The van der Waals surface area contributed by atoms with E-state index < -0.39 is 10.2 Å². The standard InChI is InChI=1S/C13H18ClN5O2S/c1-17(22(15,20)21)11-3-6-18(7-4-11)12-2-5-16-19-9-10(14)8-13(12)19/h2,5,8-9,11H,3-4,6-7H2,1H3,(H2,15,20,21). The van der Waals surface area contributed by atoms with E-state index in [-0.39, 0.29) is 6.04 Å². The summed E-state index contributed by atoms with van der Waals surface area (Å²) < 4.78 is 25.9. The van der Waals surface area contributed by atoms with Crippen LogP contribution >= 0.6 is 11.6 Å². The number of halogens is 1. The SMILES string of the molecule is CN(C1CCN(c2ccnn3cc(Cl)cc23)CC1)S(N)(=O)=O. The Morgan fingerprint density at radius 2 is 2.09 bits per heavy atom. The van der Waals surface area contributed by atoms with E-state index in [4.69, 9.17) is 16.7 Å². The highest BCUT2D eigenvalue weighted by Crippen LogP contribution is 2.28. The highest BCUT2D eigenvalue weighted by atomic mass is 35.5. The number of rotatable bonds is 3. The highest BCUT2D eigenvalue weighted by molar-refractivity contribution is 7.86. The Morgan fingerprint density at radius 3 is 2.73 bits per heavy atom. The molecule has 2 aromatic heterocycles. The van der Waals surface area contributed by atoms with Crippen molar-refractivity contribution in [2.75, 3.05) is 25.0 Å². The van der Waals surface area contributed by atoms with Gasteiger partial charge in [-0.05, 0) is 25.0 Å². The average molecular weight is 344 g/mol. The third kappa shape index (κ3) is 2.91. The summed E-state index contributed by atoms with van der Waals surface area (Å²) in [6, 6.07) is 3.78. The van der Waals surface area contributed by atoms with Crippen LogP contribution in [0.1, 0.15) is 12.8 Å². The lowest BCUT2D eigenvalue weighted by Gasteiger charge is -2.36. The molecule has 1 aliphatic heterocycles. The van der Waals surface area contributed by atoms with Gasteiger partial charge in [0.05, 0.1) is 16.2 Å². The van der Waals surface area contributed by atoms with Crippen molar-refractivity contribution in [3.8, 4) is 0 Å². The lowest BCUT2D eigenvalue weighted by atomic mass is 10.0. The minimum Gasteiger partial charge on any atom is -0.370 e. The second-order valence-electron chi connectivity index (χ2n) is 5.48. The molecule has 3 rings (SSSR count). The van der Waals surface area contributed by atoms with Gasteiger partial charge in [0.1, 0.15) is 0 Å². The lowest BCUT2D eigenvalue weighted by molar-refractivity contribution is 0.312. The zero-order chi connectivity index (χ0) is 15.9. The first-order chi connectivity index (χ1) is 10.4. The molecule has 9 heteroatoms. The fourth-order valence-corrected chi connectivity index (χ4v) is 3.74. The van der Waals surface area contributed by atoms with Crippen LogP contribution in [0.15, 0.2) is 24.5 Å². The summed E-state index contributed by atoms with van der Waals surface area (Å²) in [7, 11) is -2.10. The molecule has 0 bridgehead atoms. The van der Waals surface area contributed by atoms with E-state index in [0.29, 0.717) is 5.02 Å². The van der Waals surface area contributed by atoms with Gasteiger partial charge in [0.2, 0.25) is 0 Å². The molecule has 1 fully saturated rings. The first kappa shape index (κ1) is 15.5. The van der Waals surface area contributed by atoms with Gasteiger partial charge >= 0.3 is 0 Å². The number of nitrogens with zero attached hydrogens (tertiary/aromatic N) is 4. The number of anilines is 1. The Balaban J connectivity index is 1.78. The van der Waals surface area contributed by atoms with Crippen LogP contribution in [0.5, 0.6) is 0 Å². The van der Waals surface area contributed by atoms with E-state index in [0.717, 1.165) is 37.1 Å². The van der Waals surface area contributed by atoms with E-state index in [1.54, 1.807) is 16.9 Å². The monoisotopic (exact) mass is 343 g/mol. The fraction of sp³-hybridized carbons (Fsp3) is 0.462. The summed E-state index contributed by atoms with van der Waals surface area (Å²) in [5.41, 5.74) is 2.00. The van der Waals surface area contributed by atoms with Crippen LogP contribution in [0.25, 0.3) is 5.52 Å². The Labute approximate surface area is 134 Å². The predicted octanol–water partition coefficient (Wildman–Crippen LogP) is 1.09. The molecule has 0 spiro atoms. The second kappa shape index (κ2) is 5.69. The van der Waals surface area contributed by atoms with E-state index in [2.05, 4.69) is 10.00 Å². The van der Waals surface area contributed by atoms with Gasteiger partial charge in [-0.1, -0.05) is 11.6 Å². The summed E-state index contributed by atoms with van der Waals surface area (Å²) >= 11 is 6.04. The maximum Gasteiger partial charge on any atom is 0.276 e. The molecule has 22 heavy (non-hydrogen) atoms. The molecular formula is C13H18ClN5O2S. The third-order valence-corrected chi connectivity index (χ3v) is 5.48. The van der Waals surface area contributed by atoms with Crippen LogP contribution in [-0.2, 0) is 10.2 Å². The van der Waals surface area contributed by atoms with Gasteiger partial charge in [-0.15, -0.1) is 0 Å². The predicted molar refractivity (Wildman–Crippen MR) is 86.3 cm³/mol. The van der Waals surface area contributed by atoms with Crippen molar-refractivity contribution < 1.29 is 8.42 Å². The summed E-state index contributed by atoms with van der Waals surface area (Å²) in [5.74, 6) is 0. The Bertz CT molecular complexity index is 783. The zero-order valence-corrected chi connectivity index (χ0v) is 13.8. The van der Waals surface area contributed by atoms with Gasteiger partial charge in [-0.2, -0.15) is 17.8 Å². The summed E-state index contributed by atoms with van der Waals surface area (Å²) in [6.07, 6.45) is 4.97. The Morgan fingerprint density at radius 1 is 1.41 bits per heavy atom. The molecule has 2 N–H and O–H groups in total. The van der Waals surface area contributed by atoms with Gasteiger partial charge in [0.25, 0.3) is 10.2 Å². The van der Waals surface area contributed by atoms with Crippen molar-refractivity contribution in [3.05, 3.63) is 29.5 Å². The van der Waals surface area contributed by atoms with Gasteiger partial charge < -0.3 is 4.90 Å². The molecule has 120 valence electrons. The fourth-order valence-electron chi connectivity index (χ4n) is 2.91. The van der Waals surface area contributed by atoms with Crippen molar-refractivity contribution in [1.29, 1.82) is 0 Å². The number of piperidine rings is 1. The van der Waals surface area contributed by atoms with E-state index in [1.165, 1.54) is 11.4 Å². The first-order valence-electron chi connectivity index (χ1n) is 7.00. The van der Waals surface area contributed by atoms with Crippen LogP contribution < -0.4 is 10.0 Å². The van der Waals surface area contributed by atoms with Crippen molar-refractivity contribution in [2.24, 2.45) is 5.14 Å². The molecule has 1 aliphatic rings. The van der Waals surface area contributed by atoms with Crippen LogP contribution in [0.2, 0.25) is 5.02 Å². The molecule has 0 saturated carbocycles. The molecule has 0 aliphatic carbocycles. The number of aromatic nitrogens is 2. The minimum absolute atomic E-state index is 0.0560. The maximum atomic E-state index is 11.4. The van der Waals surface area contributed by atoms with Gasteiger partial charge in [0.15, 0.2) is 0 Å². The Kier molecular flexibility index (Phi) is 4.02. The average Bonchev–Trinajstić information content (AvgIpc) is 2.85. The van der Waals surface area contributed by atoms with Crippen molar-refractivity contribution in [1.82, 2.24) is 13.9 Å². The molecule has 0 aromatic carbocycles. The van der Waals surface area contributed by atoms with Crippen LogP contribution in [0, 0.1) is 0 Å². The number of hydrogen-bond acceptors (Lipinski definition) is 4. The molecule has 2 aromatic rings. The minimum atomic E-state index is -3.63. The summed E-state index contributed by atoms with van der Waals surface area (Å²) in [4.78, 5) is 2.22. The largest absolute Gasteiger partial charge is 0.370 e. The number of nitrogens with two attached hydrogens (primary N) is 1. The smallest absolute Gasteiger partial charge is 0.276 e.